The molecule has 0 heterocycles. The highest BCUT2D eigenvalue weighted by atomic mass is 19.4. The summed E-state index contributed by atoms with van der Waals surface area (Å²) >= 11 is 0. The second-order valence-electron chi connectivity index (χ2n) is 7.50. The summed E-state index contributed by atoms with van der Waals surface area (Å²) in [6, 6.07) is 18.2. The van der Waals surface area contributed by atoms with Crippen LogP contribution in [-0.2, 0) is 10.9 Å². The minimum absolute atomic E-state index is 0.0504. The number of carbonyl (C=O) groups excluding carboxylic acids is 1. The van der Waals surface area contributed by atoms with Gasteiger partial charge in [0, 0.05) is 18.9 Å². The van der Waals surface area contributed by atoms with E-state index in [1.807, 2.05) is 48.5 Å². The zero-order valence-corrected chi connectivity index (χ0v) is 17.4. The van der Waals surface area contributed by atoms with Gasteiger partial charge in [0.2, 0.25) is 0 Å². The van der Waals surface area contributed by atoms with Crippen LogP contribution in [0.5, 0.6) is 0 Å². The van der Waals surface area contributed by atoms with Crippen molar-refractivity contribution in [3.8, 4) is 23.0 Å². The highest BCUT2D eigenvalue weighted by Gasteiger charge is 2.31. The topological polar surface area (TPSA) is 38.3 Å². The van der Waals surface area contributed by atoms with E-state index in [1.54, 1.807) is 0 Å². The molecule has 3 nitrogen and oxygen atoms in total. The van der Waals surface area contributed by atoms with Crippen molar-refractivity contribution in [3.05, 3.63) is 94.8 Å². The molecule has 0 saturated carbocycles. The van der Waals surface area contributed by atoms with Crippen molar-refractivity contribution in [2.24, 2.45) is 0 Å². The van der Waals surface area contributed by atoms with E-state index in [0.717, 1.165) is 34.4 Å². The standard InChI is InChI=1S/C26H19F4NO2/c27-24-15-18(26(28,29)30)13-12-17(24)7-5-6-14-31-25(32)33-16-23-21-10-3-1-8-19(21)20-9-2-4-11-22(20)23/h1-4,8-13,15,23H,6,14,16H2,(H,31,32). The summed E-state index contributed by atoms with van der Waals surface area (Å²) in [5.41, 5.74) is 3.28. The number of hydrogen-bond acceptors (Lipinski definition) is 2. The quantitative estimate of drug-likeness (QED) is 0.293. The molecule has 33 heavy (non-hydrogen) atoms. The first-order chi connectivity index (χ1) is 15.8. The lowest BCUT2D eigenvalue weighted by molar-refractivity contribution is -0.137. The van der Waals surface area contributed by atoms with Crippen LogP contribution in [0.2, 0.25) is 0 Å². The van der Waals surface area contributed by atoms with Crippen LogP contribution < -0.4 is 5.32 Å². The zero-order chi connectivity index (χ0) is 23.4. The van der Waals surface area contributed by atoms with E-state index in [9.17, 15) is 22.4 Å². The van der Waals surface area contributed by atoms with E-state index < -0.39 is 23.7 Å². The van der Waals surface area contributed by atoms with Crippen LogP contribution in [0.3, 0.4) is 0 Å². The van der Waals surface area contributed by atoms with Crippen LogP contribution in [0, 0.1) is 17.7 Å². The molecule has 0 atom stereocenters. The number of nitrogens with one attached hydrogen (secondary N) is 1. The van der Waals surface area contributed by atoms with Crippen LogP contribution in [0.4, 0.5) is 22.4 Å². The molecule has 0 spiro atoms. The Labute approximate surface area is 188 Å². The Balaban J connectivity index is 1.28. The van der Waals surface area contributed by atoms with Gasteiger partial charge in [-0.2, -0.15) is 13.2 Å². The van der Waals surface area contributed by atoms with Crippen molar-refractivity contribution in [3.63, 3.8) is 0 Å². The van der Waals surface area contributed by atoms with Crippen molar-refractivity contribution in [2.45, 2.75) is 18.5 Å². The number of alkyl halides is 3. The third kappa shape index (κ3) is 5.01. The molecule has 0 saturated heterocycles. The Morgan fingerprint density at radius 1 is 0.970 bits per heavy atom. The number of rotatable bonds is 4. The number of fused-ring (bicyclic) bond motifs is 3. The predicted octanol–water partition coefficient (Wildman–Crippen LogP) is 6.12. The Hall–Kier alpha value is -3.79. The smallest absolute Gasteiger partial charge is 0.416 e. The summed E-state index contributed by atoms with van der Waals surface area (Å²) < 4.78 is 56.9. The third-order valence-corrected chi connectivity index (χ3v) is 5.38. The largest absolute Gasteiger partial charge is 0.449 e. The van der Waals surface area contributed by atoms with Gasteiger partial charge in [0.1, 0.15) is 12.4 Å². The van der Waals surface area contributed by atoms with Crippen molar-refractivity contribution in [2.75, 3.05) is 13.2 Å². The molecule has 0 unspecified atom stereocenters. The molecule has 0 aromatic heterocycles. The van der Waals surface area contributed by atoms with Gasteiger partial charge in [0.05, 0.1) is 11.1 Å². The molecule has 4 rings (SSSR count). The van der Waals surface area contributed by atoms with Crippen molar-refractivity contribution >= 4 is 6.09 Å². The van der Waals surface area contributed by atoms with Gasteiger partial charge < -0.3 is 10.1 Å². The maximum Gasteiger partial charge on any atom is 0.416 e. The van der Waals surface area contributed by atoms with E-state index in [2.05, 4.69) is 17.2 Å². The van der Waals surface area contributed by atoms with Gasteiger partial charge in [-0.15, -0.1) is 0 Å². The summed E-state index contributed by atoms with van der Waals surface area (Å²) in [5, 5.41) is 2.58. The van der Waals surface area contributed by atoms with E-state index in [1.165, 1.54) is 0 Å². The van der Waals surface area contributed by atoms with Gasteiger partial charge >= 0.3 is 12.3 Å². The lowest BCUT2D eigenvalue weighted by atomic mass is 9.98. The van der Waals surface area contributed by atoms with Crippen molar-refractivity contribution < 1.29 is 27.1 Å². The highest BCUT2D eigenvalue weighted by Crippen LogP contribution is 2.44. The summed E-state index contributed by atoms with van der Waals surface area (Å²) in [4.78, 5) is 12.1. The summed E-state index contributed by atoms with van der Waals surface area (Å²) in [6.45, 7) is 0.341. The molecule has 0 fully saturated rings. The number of alkyl carbamates (subject to hydrolysis) is 1. The molecule has 3 aromatic carbocycles. The first kappa shape index (κ1) is 22.4. The molecule has 1 aliphatic rings. The van der Waals surface area contributed by atoms with Crippen LogP contribution in [-0.4, -0.2) is 19.2 Å². The lowest BCUT2D eigenvalue weighted by Gasteiger charge is -2.14. The SMILES string of the molecule is O=C(NCCC#Cc1ccc(C(F)(F)F)cc1F)OCC1c2ccccc2-c2ccccc21. The number of ether oxygens (including phenoxy) is 1. The summed E-state index contributed by atoms with van der Waals surface area (Å²) in [7, 11) is 0. The average Bonchev–Trinajstić information content (AvgIpc) is 3.11. The van der Waals surface area contributed by atoms with Gasteiger partial charge in [-0.1, -0.05) is 60.4 Å². The Bertz CT molecular complexity index is 1200. The van der Waals surface area contributed by atoms with Crippen molar-refractivity contribution in [1.82, 2.24) is 5.32 Å². The molecule has 7 heteroatoms. The lowest BCUT2D eigenvalue weighted by Crippen LogP contribution is -2.26. The van der Waals surface area contributed by atoms with Gasteiger partial charge in [-0.3, -0.25) is 0 Å². The molecule has 3 aromatic rings. The van der Waals surface area contributed by atoms with Gasteiger partial charge in [0.15, 0.2) is 0 Å². The Kier molecular flexibility index (Phi) is 6.36. The van der Waals surface area contributed by atoms with Gasteiger partial charge in [-0.05, 0) is 40.5 Å². The Morgan fingerprint density at radius 3 is 2.21 bits per heavy atom. The molecule has 168 valence electrons. The molecule has 1 N–H and O–H groups in total. The fraction of sp³-hybridized carbons (Fsp3) is 0.192. The molecular formula is C26H19F4NO2. The molecule has 0 radical (unpaired) electrons. The number of hydrogen-bond donors (Lipinski definition) is 1. The second kappa shape index (κ2) is 9.37. The molecule has 0 aliphatic heterocycles. The normalized spacial score (nSPS) is 12.4. The second-order valence-corrected chi connectivity index (χ2v) is 7.50. The van der Waals surface area contributed by atoms with E-state index >= 15 is 0 Å². The fourth-order valence-electron chi connectivity index (χ4n) is 3.83. The minimum Gasteiger partial charge on any atom is -0.449 e. The molecule has 0 bridgehead atoms. The van der Waals surface area contributed by atoms with E-state index in [4.69, 9.17) is 4.74 Å². The zero-order valence-electron chi connectivity index (χ0n) is 17.4. The number of halogens is 4. The number of amides is 1. The van der Waals surface area contributed by atoms with Crippen LogP contribution in [0.1, 0.15) is 34.6 Å². The van der Waals surface area contributed by atoms with Crippen LogP contribution in [0.15, 0.2) is 66.7 Å². The molecule has 1 amide bonds. The predicted molar refractivity (Wildman–Crippen MR) is 116 cm³/mol. The monoisotopic (exact) mass is 453 g/mol. The molecule has 1 aliphatic carbocycles. The maximum absolute atomic E-state index is 13.8. The summed E-state index contributed by atoms with van der Waals surface area (Å²) in [6.07, 6.45) is -5.02. The fourth-order valence-corrected chi connectivity index (χ4v) is 3.83. The number of benzene rings is 3. The highest BCUT2D eigenvalue weighted by molar-refractivity contribution is 5.79. The maximum atomic E-state index is 13.8. The minimum atomic E-state index is -4.61. The van der Waals surface area contributed by atoms with Crippen LogP contribution in [0.25, 0.3) is 11.1 Å². The van der Waals surface area contributed by atoms with E-state index in [0.29, 0.717) is 6.07 Å². The summed E-state index contributed by atoms with van der Waals surface area (Å²) in [5.74, 6) is 4.03. The average molecular weight is 453 g/mol. The Morgan fingerprint density at radius 2 is 1.61 bits per heavy atom. The third-order valence-electron chi connectivity index (χ3n) is 5.38. The van der Waals surface area contributed by atoms with E-state index in [-0.39, 0.29) is 31.1 Å². The van der Waals surface area contributed by atoms with Gasteiger partial charge in [0.25, 0.3) is 0 Å². The van der Waals surface area contributed by atoms with Crippen molar-refractivity contribution in [1.29, 1.82) is 0 Å². The first-order valence-corrected chi connectivity index (χ1v) is 10.3. The van der Waals surface area contributed by atoms with Crippen LogP contribution >= 0.6 is 0 Å². The van der Waals surface area contributed by atoms with Gasteiger partial charge in [-0.25, -0.2) is 9.18 Å². The molecular weight excluding hydrogens is 434 g/mol. The number of carbonyl (C=O) groups is 1. The first-order valence-electron chi connectivity index (χ1n) is 10.3.